The van der Waals surface area contributed by atoms with Gasteiger partial charge in [0.05, 0.1) is 24.2 Å². The second-order valence-corrected chi connectivity index (χ2v) is 7.19. The number of aromatic nitrogens is 5. The number of nitrogens with two attached hydrogens (primary N) is 1. The average Bonchev–Trinajstić information content (AvgIpc) is 3.12. The molecular formula is C22H20ClN7O3. The fraction of sp³-hybridized carbons (Fsp3) is 0.136. The summed E-state index contributed by atoms with van der Waals surface area (Å²) in [5, 5.41) is 7.52. The Balaban J connectivity index is 1.51. The van der Waals surface area contributed by atoms with Crippen LogP contribution in [0.5, 0.6) is 5.75 Å². The van der Waals surface area contributed by atoms with E-state index in [9.17, 15) is 4.79 Å². The summed E-state index contributed by atoms with van der Waals surface area (Å²) in [6.07, 6.45) is 0. The molecular weight excluding hydrogens is 446 g/mol. The highest BCUT2D eigenvalue weighted by atomic mass is 35.5. The molecule has 0 fully saturated rings. The lowest BCUT2D eigenvalue weighted by Gasteiger charge is -2.11. The van der Waals surface area contributed by atoms with Crippen LogP contribution in [0.15, 0.2) is 54.6 Å². The number of esters is 1. The number of anilines is 3. The number of ether oxygens (including phenoxy) is 2. The lowest BCUT2D eigenvalue weighted by molar-refractivity contribution is 0.0461. The summed E-state index contributed by atoms with van der Waals surface area (Å²) in [7, 11) is 1.56. The first kappa shape index (κ1) is 22.0. The molecule has 0 atom stereocenters. The van der Waals surface area contributed by atoms with E-state index in [1.807, 2.05) is 42.5 Å². The molecule has 2 aromatic heterocycles. The van der Waals surface area contributed by atoms with E-state index in [0.29, 0.717) is 17.1 Å². The van der Waals surface area contributed by atoms with Crippen LogP contribution < -0.4 is 15.8 Å². The van der Waals surface area contributed by atoms with Gasteiger partial charge < -0.3 is 20.5 Å². The van der Waals surface area contributed by atoms with Gasteiger partial charge in [0, 0.05) is 0 Å². The van der Waals surface area contributed by atoms with Gasteiger partial charge in [0.2, 0.25) is 11.9 Å². The summed E-state index contributed by atoms with van der Waals surface area (Å²) in [5.41, 5.74) is 7.77. The molecule has 0 saturated carbocycles. The van der Waals surface area contributed by atoms with Crippen LogP contribution >= 0.6 is 11.6 Å². The zero-order chi connectivity index (χ0) is 23.4. The second-order valence-electron chi connectivity index (χ2n) is 6.83. The number of aryl methyl sites for hydroxylation is 1. The van der Waals surface area contributed by atoms with Crippen molar-refractivity contribution in [2.75, 3.05) is 18.2 Å². The maximum absolute atomic E-state index is 12.8. The van der Waals surface area contributed by atoms with E-state index in [4.69, 9.17) is 26.8 Å². The zero-order valence-electron chi connectivity index (χ0n) is 17.8. The largest absolute Gasteiger partial charge is 0.495 e. The number of carbonyl (C=O) groups is 1. The van der Waals surface area contributed by atoms with E-state index in [0.717, 1.165) is 5.69 Å². The van der Waals surface area contributed by atoms with Crippen LogP contribution in [-0.2, 0) is 11.3 Å². The number of nitrogen functional groups attached to an aromatic ring is 1. The van der Waals surface area contributed by atoms with Gasteiger partial charge in [-0.1, -0.05) is 41.9 Å². The Hall–Kier alpha value is -4.18. The van der Waals surface area contributed by atoms with Gasteiger partial charge in [0.1, 0.15) is 16.5 Å². The van der Waals surface area contributed by atoms with Crippen LogP contribution in [0.25, 0.3) is 5.69 Å². The van der Waals surface area contributed by atoms with Gasteiger partial charge >= 0.3 is 5.97 Å². The first-order chi connectivity index (χ1) is 16.0. The van der Waals surface area contributed by atoms with Crippen molar-refractivity contribution in [1.82, 2.24) is 24.7 Å². The molecule has 10 nitrogen and oxygen atoms in total. The van der Waals surface area contributed by atoms with Crippen molar-refractivity contribution in [1.29, 1.82) is 0 Å². The Morgan fingerprint density at radius 2 is 1.82 bits per heavy atom. The second kappa shape index (κ2) is 9.53. The molecule has 0 amide bonds. The van der Waals surface area contributed by atoms with E-state index in [1.54, 1.807) is 26.2 Å². The highest BCUT2D eigenvalue weighted by molar-refractivity contribution is 6.33. The Morgan fingerprint density at radius 1 is 1.09 bits per heavy atom. The number of rotatable bonds is 7. The smallest absolute Gasteiger partial charge is 0.343 e. The molecule has 0 bridgehead atoms. The molecule has 0 spiro atoms. The number of methoxy groups -OCH3 is 1. The van der Waals surface area contributed by atoms with Gasteiger partial charge in [0.15, 0.2) is 12.4 Å². The number of nitrogens with one attached hydrogen (secondary N) is 1. The van der Waals surface area contributed by atoms with Gasteiger partial charge in [-0.25, -0.2) is 9.48 Å². The number of hydrogen-bond acceptors (Lipinski definition) is 9. The Kier molecular flexibility index (Phi) is 6.36. The van der Waals surface area contributed by atoms with Gasteiger partial charge in [-0.15, -0.1) is 0 Å². The number of para-hydroxylation sites is 3. The van der Waals surface area contributed by atoms with Gasteiger partial charge in [0.25, 0.3) is 0 Å². The molecule has 0 aliphatic rings. The highest BCUT2D eigenvalue weighted by Gasteiger charge is 2.23. The topological polar surface area (TPSA) is 130 Å². The van der Waals surface area contributed by atoms with Crippen molar-refractivity contribution in [2.24, 2.45) is 0 Å². The summed E-state index contributed by atoms with van der Waals surface area (Å²) in [5.74, 6) is 0.268. The van der Waals surface area contributed by atoms with Crippen LogP contribution in [-0.4, -0.2) is 37.8 Å². The molecule has 11 heteroatoms. The van der Waals surface area contributed by atoms with Gasteiger partial charge in [-0.3, -0.25) is 0 Å². The number of benzene rings is 2. The quantitative estimate of drug-likeness (QED) is 0.392. The monoisotopic (exact) mass is 465 g/mol. The zero-order valence-corrected chi connectivity index (χ0v) is 18.6. The Labute approximate surface area is 194 Å². The molecule has 0 saturated heterocycles. The molecule has 33 heavy (non-hydrogen) atoms. The van der Waals surface area contributed by atoms with Crippen molar-refractivity contribution in [3.63, 3.8) is 0 Å². The lowest BCUT2D eigenvalue weighted by atomic mass is 10.2. The fourth-order valence-electron chi connectivity index (χ4n) is 3.10. The molecule has 0 unspecified atom stereocenters. The summed E-state index contributed by atoms with van der Waals surface area (Å²) in [4.78, 5) is 25.1. The maximum Gasteiger partial charge on any atom is 0.343 e. The minimum Gasteiger partial charge on any atom is -0.495 e. The van der Waals surface area contributed by atoms with E-state index >= 15 is 0 Å². The Morgan fingerprint density at radius 3 is 2.58 bits per heavy atom. The van der Waals surface area contributed by atoms with E-state index in [1.165, 1.54) is 4.68 Å². The number of hydrogen-bond donors (Lipinski definition) is 2. The van der Waals surface area contributed by atoms with Crippen LogP contribution in [0.4, 0.5) is 17.6 Å². The van der Waals surface area contributed by atoms with Crippen LogP contribution in [0.2, 0.25) is 5.15 Å². The molecule has 2 heterocycles. The summed E-state index contributed by atoms with van der Waals surface area (Å²) < 4.78 is 12.2. The molecule has 0 radical (unpaired) electrons. The van der Waals surface area contributed by atoms with Gasteiger partial charge in [-0.05, 0) is 31.2 Å². The standard InChI is InChI=1S/C22H20ClN7O3/c1-13-18(19(23)30(29-13)14-8-4-3-5-9-14)20(31)33-12-17-26-21(24)28-22(27-17)25-15-10-6-7-11-16(15)32-2/h3-11H,12H2,1-2H3,(H3,24,25,26,27,28). The summed E-state index contributed by atoms with van der Waals surface area (Å²) in [6.45, 7) is 1.44. The minimum atomic E-state index is -0.655. The first-order valence-corrected chi connectivity index (χ1v) is 10.2. The van der Waals surface area contributed by atoms with Crippen LogP contribution in [0.1, 0.15) is 21.9 Å². The maximum atomic E-state index is 12.8. The van der Waals surface area contributed by atoms with Crippen LogP contribution in [0, 0.1) is 6.92 Å². The SMILES string of the molecule is COc1ccccc1Nc1nc(N)nc(COC(=O)c2c(C)nn(-c3ccccc3)c2Cl)n1. The molecule has 4 rings (SSSR count). The molecule has 2 aromatic carbocycles. The lowest BCUT2D eigenvalue weighted by Crippen LogP contribution is -2.12. The third-order valence-corrected chi connectivity index (χ3v) is 4.94. The van der Waals surface area contributed by atoms with Crippen molar-refractivity contribution < 1.29 is 14.3 Å². The number of carbonyl (C=O) groups excluding carboxylic acids is 1. The summed E-state index contributed by atoms with van der Waals surface area (Å²) in [6, 6.07) is 16.5. The first-order valence-electron chi connectivity index (χ1n) is 9.84. The predicted molar refractivity (Wildman–Crippen MR) is 123 cm³/mol. The molecule has 0 aliphatic carbocycles. The Bertz CT molecular complexity index is 1290. The minimum absolute atomic E-state index is 0.0282. The third-order valence-electron chi connectivity index (χ3n) is 4.59. The molecule has 4 aromatic rings. The number of nitrogens with zero attached hydrogens (tertiary/aromatic N) is 5. The highest BCUT2D eigenvalue weighted by Crippen LogP contribution is 2.26. The number of halogens is 1. The van der Waals surface area contributed by atoms with Gasteiger partial charge in [-0.2, -0.15) is 20.1 Å². The third kappa shape index (κ3) is 4.85. The van der Waals surface area contributed by atoms with Crippen molar-refractivity contribution >= 4 is 35.2 Å². The van der Waals surface area contributed by atoms with E-state index in [2.05, 4.69) is 25.4 Å². The van der Waals surface area contributed by atoms with Crippen molar-refractivity contribution in [2.45, 2.75) is 13.5 Å². The molecule has 168 valence electrons. The normalized spacial score (nSPS) is 10.6. The predicted octanol–water partition coefficient (Wildman–Crippen LogP) is 3.71. The molecule has 0 aliphatic heterocycles. The summed E-state index contributed by atoms with van der Waals surface area (Å²) >= 11 is 6.43. The van der Waals surface area contributed by atoms with Crippen LogP contribution in [0.3, 0.4) is 0 Å². The van der Waals surface area contributed by atoms with Crippen molar-refractivity contribution in [3.8, 4) is 11.4 Å². The molecule has 3 N–H and O–H groups in total. The fourth-order valence-corrected chi connectivity index (χ4v) is 3.45. The van der Waals surface area contributed by atoms with E-state index in [-0.39, 0.29) is 35.0 Å². The van der Waals surface area contributed by atoms with E-state index < -0.39 is 5.97 Å². The average molecular weight is 466 g/mol. The van der Waals surface area contributed by atoms with Crippen molar-refractivity contribution in [3.05, 3.63) is 76.8 Å².